The van der Waals surface area contributed by atoms with Gasteiger partial charge in [-0.15, -0.1) is 0 Å². The molecule has 35 heavy (non-hydrogen) atoms. The van der Waals surface area contributed by atoms with E-state index in [1.54, 1.807) is 18.2 Å². The van der Waals surface area contributed by atoms with Crippen LogP contribution < -0.4 is 14.5 Å². The molecule has 3 rings (SSSR count). The Labute approximate surface area is 219 Å². The third-order valence-electron chi connectivity index (χ3n) is 5.12. The first kappa shape index (κ1) is 26.9. The van der Waals surface area contributed by atoms with Crippen molar-refractivity contribution in [3.8, 4) is 11.4 Å². The fourth-order valence-electron chi connectivity index (χ4n) is 3.52. The lowest BCUT2D eigenvalue weighted by Crippen LogP contribution is -2.39. The van der Waals surface area contributed by atoms with Crippen molar-refractivity contribution in [2.24, 2.45) is 5.10 Å². The maximum atomic E-state index is 12.6. The minimum absolute atomic E-state index is 0.145. The van der Waals surface area contributed by atoms with E-state index >= 15 is 0 Å². The molecule has 0 saturated heterocycles. The Bertz CT molecular complexity index is 1400. The van der Waals surface area contributed by atoms with Gasteiger partial charge in [0, 0.05) is 27.7 Å². The molecule has 2 aromatic carbocycles. The highest BCUT2D eigenvalue weighted by molar-refractivity contribution is 7.92. The van der Waals surface area contributed by atoms with Crippen LogP contribution in [0.15, 0.2) is 47.6 Å². The smallest absolute Gasteiger partial charge is 0.260 e. The molecule has 0 unspecified atom stereocenters. The summed E-state index contributed by atoms with van der Waals surface area (Å²) in [5, 5.41) is 5.20. The highest BCUT2D eigenvalue weighted by Crippen LogP contribution is 2.32. The van der Waals surface area contributed by atoms with Gasteiger partial charge in [-0.3, -0.25) is 9.10 Å². The van der Waals surface area contributed by atoms with Gasteiger partial charge in [-0.25, -0.2) is 13.8 Å². The second-order valence-electron chi connectivity index (χ2n) is 7.64. The van der Waals surface area contributed by atoms with Crippen LogP contribution in [0.1, 0.15) is 17.0 Å². The Morgan fingerprint density at radius 3 is 2.46 bits per heavy atom. The van der Waals surface area contributed by atoms with Gasteiger partial charge in [-0.05, 0) is 56.3 Å². The average Bonchev–Trinajstić information content (AvgIpc) is 3.06. The lowest BCUT2D eigenvalue weighted by atomic mass is 10.2. The molecule has 1 amide bonds. The maximum Gasteiger partial charge on any atom is 0.260 e. The highest BCUT2D eigenvalue weighted by Gasteiger charge is 2.24. The van der Waals surface area contributed by atoms with Gasteiger partial charge in [0.2, 0.25) is 10.0 Å². The van der Waals surface area contributed by atoms with E-state index < -0.39 is 22.5 Å². The Hall–Kier alpha value is -2.72. The molecule has 0 aliphatic heterocycles. The average molecular weight is 558 g/mol. The van der Waals surface area contributed by atoms with Crippen LogP contribution in [-0.4, -0.2) is 45.0 Å². The molecule has 1 N–H and O–H groups in total. The third-order valence-corrected chi connectivity index (χ3v) is 7.22. The lowest BCUT2D eigenvalue weighted by Gasteiger charge is -2.23. The molecule has 0 bridgehead atoms. The van der Waals surface area contributed by atoms with E-state index in [0.717, 1.165) is 33.2 Å². The first-order chi connectivity index (χ1) is 16.4. The second-order valence-corrected chi connectivity index (χ2v) is 10.8. The van der Waals surface area contributed by atoms with Crippen LogP contribution in [0.5, 0.6) is 5.75 Å². The van der Waals surface area contributed by atoms with E-state index in [1.807, 2.05) is 30.5 Å². The van der Waals surface area contributed by atoms with E-state index in [-0.39, 0.29) is 11.4 Å². The lowest BCUT2D eigenvalue weighted by molar-refractivity contribution is -0.119. The van der Waals surface area contributed by atoms with Crippen molar-refractivity contribution in [1.82, 2.24) is 9.99 Å². The predicted octanol–water partition coefficient (Wildman–Crippen LogP) is 4.98. The molecule has 12 heteroatoms. The largest absolute Gasteiger partial charge is 0.495 e. The molecule has 8 nitrogen and oxygen atoms in total. The molecule has 0 atom stereocenters. The van der Waals surface area contributed by atoms with Gasteiger partial charge in [0.05, 0.1) is 35.3 Å². The zero-order chi connectivity index (χ0) is 25.9. The molecule has 0 aliphatic rings. The molecule has 0 radical (unpaired) electrons. The van der Waals surface area contributed by atoms with Crippen LogP contribution in [0.25, 0.3) is 5.69 Å². The number of methoxy groups -OCH3 is 1. The van der Waals surface area contributed by atoms with Gasteiger partial charge in [-0.1, -0.05) is 34.8 Å². The van der Waals surface area contributed by atoms with Gasteiger partial charge < -0.3 is 9.30 Å². The SMILES string of the molecule is COc1ccc(Cl)cc1N(CC(=O)N/N=C/c1cc(C)n(-c2ccc(Cl)c(Cl)c2)c1C)S(C)(=O)=O. The number of halogens is 3. The molecular weight excluding hydrogens is 535 g/mol. The monoisotopic (exact) mass is 556 g/mol. The Balaban J connectivity index is 1.79. The molecule has 0 spiro atoms. The van der Waals surface area contributed by atoms with Crippen molar-refractivity contribution in [1.29, 1.82) is 0 Å². The van der Waals surface area contributed by atoms with Gasteiger partial charge in [0.1, 0.15) is 12.3 Å². The van der Waals surface area contributed by atoms with Crippen molar-refractivity contribution in [2.45, 2.75) is 13.8 Å². The molecular formula is C23H23Cl3N4O4S. The first-order valence-electron chi connectivity index (χ1n) is 10.2. The number of aromatic nitrogens is 1. The van der Waals surface area contributed by atoms with Crippen LogP contribution in [0.2, 0.25) is 15.1 Å². The van der Waals surface area contributed by atoms with Crippen LogP contribution in [0.4, 0.5) is 5.69 Å². The number of carbonyl (C=O) groups excluding carboxylic acids is 1. The van der Waals surface area contributed by atoms with Crippen molar-refractivity contribution in [3.05, 3.63) is 74.5 Å². The fraction of sp³-hybridized carbons (Fsp3) is 0.217. The third kappa shape index (κ3) is 6.29. The normalized spacial score (nSPS) is 11.6. The van der Waals surface area contributed by atoms with E-state index in [1.165, 1.54) is 25.5 Å². The zero-order valence-corrected chi connectivity index (χ0v) is 22.4. The minimum Gasteiger partial charge on any atom is -0.495 e. The van der Waals surface area contributed by atoms with Gasteiger partial charge in [-0.2, -0.15) is 5.10 Å². The second kappa shape index (κ2) is 10.9. The zero-order valence-electron chi connectivity index (χ0n) is 19.3. The van der Waals surface area contributed by atoms with Crippen LogP contribution in [0.3, 0.4) is 0 Å². The number of hydrogen-bond donors (Lipinski definition) is 1. The topological polar surface area (TPSA) is 93.0 Å². The van der Waals surface area contributed by atoms with Gasteiger partial charge >= 0.3 is 0 Å². The standard InChI is InChI=1S/C23H23Cl3N4O4S/c1-14-9-16(15(2)30(14)18-6-7-19(25)20(26)11-18)12-27-28-23(31)13-29(35(4,32)33)21-10-17(24)5-8-22(21)34-3/h5-12H,13H2,1-4H3,(H,28,31)/b27-12+. The summed E-state index contributed by atoms with van der Waals surface area (Å²) in [5.41, 5.74) is 5.88. The first-order valence-corrected chi connectivity index (χ1v) is 13.2. The number of anilines is 1. The number of sulfonamides is 1. The van der Waals surface area contributed by atoms with Crippen molar-refractivity contribution in [2.75, 3.05) is 24.2 Å². The summed E-state index contributed by atoms with van der Waals surface area (Å²) in [4.78, 5) is 12.6. The van der Waals surface area contributed by atoms with Crippen LogP contribution in [-0.2, 0) is 14.8 Å². The maximum absolute atomic E-state index is 12.6. The quantitative estimate of drug-likeness (QED) is 0.312. The number of benzene rings is 2. The number of aryl methyl sites for hydroxylation is 1. The molecule has 0 aliphatic carbocycles. The number of ether oxygens (including phenoxy) is 1. The number of carbonyl (C=O) groups is 1. The summed E-state index contributed by atoms with van der Waals surface area (Å²) in [6, 6.07) is 11.7. The molecule has 1 aromatic heterocycles. The van der Waals surface area contributed by atoms with Crippen molar-refractivity contribution >= 4 is 62.6 Å². The van der Waals surface area contributed by atoms with Gasteiger partial charge in [0.15, 0.2) is 0 Å². The van der Waals surface area contributed by atoms with E-state index in [4.69, 9.17) is 39.5 Å². The van der Waals surface area contributed by atoms with E-state index in [0.29, 0.717) is 15.1 Å². The summed E-state index contributed by atoms with van der Waals surface area (Å²) in [5.74, 6) is -0.391. The number of nitrogens with zero attached hydrogens (tertiary/aromatic N) is 3. The molecule has 0 saturated carbocycles. The molecule has 186 valence electrons. The van der Waals surface area contributed by atoms with Crippen molar-refractivity contribution < 1.29 is 17.9 Å². The van der Waals surface area contributed by atoms with E-state index in [9.17, 15) is 13.2 Å². The summed E-state index contributed by atoms with van der Waals surface area (Å²) in [7, 11) is -2.43. The molecule has 3 aromatic rings. The molecule has 0 fully saturated rings. The molecule has 1 heterocycles. The Morgan fingerprint density at radius 1 is 1.11 bits per heavy atom. The van der Waals surface area contributed by atoms with Crippen LogP contribution >= 0.6 is 34.8 Å². The Kier molecular flexibility index (Phi) is 8.38. The van der Waals surface area contributed by atoms with Crippen LogP contribution in [0, 0.1) is 13.8 Å². The summed E-state index contributed by atoms with van der Waals surface area (Å²) in [6.45, 7) is 3.30. The van der Waals surface area contributed by atoms with E-state index in [2.05, 4.69) is 10.5 Å². The number of nitrogens with one attached hydrogen (secondary N) is 1. The predicted molar refractivity (Wildman–Crippen MR) is 141 cm³/mol. The van der Waals surface area contributed by atoms with Gasteiger partial charge in [0.25, 0.3) is 5.91 Å². The number of hydrogen-bond acceptors (Lipinski definition) is 5. The summed E-state index contributed by atoms with van der Waals surface area (Å²) in [6.07, 6.45) is 2.47. The highest BCUT2D eigenvalue weighted by atomic mass is 35.5. The number of amides is 1. The minimum atomic E-state index is -3.83. The Morgan fingerprint density at radius 2 is 1.83 bits per heavy atom. The van der Waals surface area contributed by atoms with Crippen molar-refractivity contribution in [3.63, 3.8) is 0 Å². The summed E-state index contributed by atoms with van der Waals surface area (Å²) >= 11 is 18.2. The summed E-state index contributed by atoms with van der Waals surface area (Å²) < 4.78 is 32.9. The number of rotatable bonds is 8. The fourth-order valence-corrected chi connectivity index (χ4v) is 4.83. The number of hydrazone groups is 1.